The molecule has 0 bridgehead atoms. The first-order chi connectivity index (χ1) is 13.2. The molecule has 3 heteroatoms. The van der Waals surface area contributed by atoms with Gasteiger partial charge in [-0.3, -0.25) is 0 Å². The van der Waals surface area contributed by atoms with Crippen LogP contribution in [0, 0.1) is 0 Å². The second-order valence-electron chi connectivity index (χ2n) is 7.79. The Labute approximate surface area is 173 Å². The number of rotatable bonds is 18. The van der Waals surface area contributed by atoms with Gasteiger partial charge in [-0.2, -0.15) is 0 Å². The Hall–Kier alpha value is -0.661. The van der Waals surface area contributed by atoms with Crippen LogP contribution in [0.3, 0.4) is 0 Å². The summed E-state index contributed by atoms with van der Waals surface area (Å²) in [4.78, 5) is 29.1. The molecule has 0 unspecified atom stereocenters. The van der Waals surface area contributed by atoms with E-state index in [4.69, 9.17) is 0 Å². The van der Waals surface area contributed by atoms with Crippen LogP contribution >= 0.6 is 0 Å². The van der Waals surface area contributed by atoms with Crippen molar-refractivity contribution in [3.63, 3.8) is 0 Å². The minimum atomic E-state index is 0.191. The van der Waals surface area contributed by atoms with Crippen molar-refractivity contribution in [3.05, 3.63) is 21.0 Å². The summed E-state index contributed by atoms with van der Waals surface area (Å²) >= 11 is 0.191. The van der Waals surface area contributed by atoms with Crippen LogP contribution in [-0.4, -0.2) is 26.1 Å². The molecule has 0 fully saturated rings. The van der Waals surface area contributed by atoms with Crippen molar-refractivity contribution in [2.24, 2.45) is 0 Å². The topological polar surface area (TPSA) is 34.1 Å². The zero-order chi connectivity index (χ0) is 19.7. The number of Topliss-reactive ketones (excluding diaryl/α,β-unsaturated/α-hetero) is 2. The van der Waals surface area contributed by atoms with Crippen LogP contribution in [0.4, 0.5) is 0 Å². The normalized spacial score (nSPS) is 11.0. The van der Waals surface area contributed by atoms with Gasteiger partial charge in [0.1, 0.15) is 0 Å². The molecular formula is C24H40O2Se. The van der Waals surface area contributed by atoms with Crippen LogP contribution in [0.15, 0.2) is 9.88 Å². The summed E-state index contributed by atoms with van der Waals surface area (Å²) in [6.45, 7) is 4.46. The Kier molecular flexibility index (Phi) is 14.7. The van der Waals surface area contributed by atoms with E-state index in [1.165, 1.54) is 64.2 Å². The Balaban J connectivity index is 2.25. The molecule has 0 spiro atoms. The van der Waals surface area contributed by atoms with Gasteiger partial charge >= 0.3 is 173 Å². The molecule has 0 N–H and O–H groups in total. The number of hydrogen-bond acceptors (Lipinski definition) is 2. The average molecular weight is 440 g/mol. The van der Waals surface area contributed by atoms with Gasteiger partial charge in [0.2, 0.25) is 0 Å². The maximum absolute atomic E-state index is 12.5. The summed E-state index contributed by atoms with van der Waals surface area (Å²) in [6.07, 6.45) is 18.3. The van der Waals surface area contributed by atoms with Crippen LogP contribution in [-0.2, 0) is 0 Å². The second-order valence-corrected chi connectivity index (χ2v) is 9.35. The van der Waals surface area contributed by atoms with Gasteiger partial charge in [-0.05, 0) is 0 Å². The zero-order valence-electron chi connectivity index (χ0n) is 17.7. The van der Waals surface area contributed by atoms with Crippen molar-refractivity contribution in [2.75, 3.05) is 0 Å². The fraction of sp³-hybridized carbons (Fsp3) is 0.750. The summed E-state index contributed by atoms with van der Waals surface area (Å²) < 4.78 is 0. The van der Waals surface area contributed by atoms with Gasteiger partial charge in [-0.1, -0.05) is 0 Å². The summed E-state index contributed by atoms with van der Waals surface area (Å²) in [7, 11) is 0. The monoisotopic (exact) mass is 440 g/mol. The number of ketones is 2. The van der Waals surface area contributed by atoms with E-state index in [1.54, 1.807) is 0 Å². The maximum atomic E-state index is 12.5. The van der Waals surface area contributed by atoms with Crippen LogP contribution in [0.2, 0.25) is 0 Å². The van der Waals surface area contributed by atoms with E-state index in [2.05, 4.69) is 13.8 Å². The van der Waals surface area contributed by atoms with Gasteiger partial charge in [0.25, 0.3) is 0 Å². The average Bonchev–Trinajstić information content (AvgIpc) is 3.16. The van der Waals surface area contributed by atoms with E-state index in [1.807, 2.05) is 9.88 Å². The quantitative estimate of drug-likeness (QED) is 0.136. The SMILES string of the molecule is CCCCCCCCCC(=O)c1c[se]cc1C(=O)CCCCCCCCC. The van der Waals surface area contributed by atoms with Crippen molar-refractivity contribution in [1.29, 1.82) is 0 Å². The Morgan fingerprint density at radius 3 is 1.30 bits per heavy atom. The van der Waals surface area contributed by atoms with Crippen molar-refractivity contribution in [1.82, 2.24) is 0 Å². The Morgan fingerprint density at radius 2 is 0.926 bits per heavy atom. The van der Waals surface area contributed by atoms with Crippen molar-refractivity contribution in [2.45, 2.75) is 117 Å². The van der Waals surface area contributed by atoms with Gasteiger partial charge in [0, 0.05) is 0 Å². The molecule has 0 amide bonds. The molecule has 1 heterocycles. The van der Waals surface area contributed by atoms with Gasteiger partial charge in [-0.15, -0.1) is 0 Å². The molecule has 0 saturated carbocycles. The van der Waals surface area contributed by atoms with Gasteiger partial charge in [0.15, 0.2) is 0 Å². The zero-order valence-corrected chi connectivity index (χ0v) is 19.4. The van der Waals surface area contributed by atoms with E-state index in [0.717, 1.165) is 36.8 Å². The molecule has 0 aliphatic rings. The van der Waals surface area contributed by atoms with Gasteiger partial charge in [0.05, 0.1) is 0 Å². The molecule has 27 heavy (non-hydrogen) atoms. The number of unbranched alkanes of at least 4 members (excludes halogenated alkanes) is 12. The molecule has 0 aromatic carbocycles. The third-order valence-electron chi connectivity index (χ3n) is 5.28. The molecule has 1 aromatic rings. The van der Waals surface area contributed by atoms with E-state index in [9.17, 15) is 9.59 Å². The fourth-order valence-corrected chi connectivity index (χ4v) is 5.28. The Morgan fingerprint density at radius 1 is 0.593 bits per heavy atom. The van der Waals surface area contributed by atoms with Crippen molar-refractivity contribution >= 4 is 26.1 Å². The predicted molar refractivity (Wildman–Crippen MR) is 117 cm³/mol. The van der Waals surface area contributed by atoms with Crippen molar-refractivity contribution < 1.29 is 9.59 Å². The molecule has 0 aliphatic carbocycles. The van der Waals surface area contributed by atoms with Gasteiger partial charge in [-0.25, -0.2) is 0 Å². The third-order valence-corrected chi connectivity index (χ3v) is 6.84. The minimum absolute atomic E-state index is 0.191. The van der Waals surface area contributed by atoms with Crippen molar-refractivity contribution in [3.8, 4) is 0 Å². The van der Waals surface area contributed by atoms with E-state index >= 15 is 0 Å². The van der Waals surface area contributed by atoms with E-state index < -0.39 is 0 Å². The van der Waals surface area contributed by atoms with Crippen LogP contribution in [0.1, 0.15) is 137 Å². The second kappa shape index (κ2) is 16.3. The molecule has 0 atom stereocenters. The summed E-state index contributed by atoms with van der Waals surface area (Å²) in [5, 5.41) is 0. The first-order valence-corrected chi connectivity index (χ1v) is 13.3. The predicted octanol–water partition coefficient (Wildman–Crippen LogP) is 7.39. The standard InChI is InChI=1S/C24H40O2Se/c1-3-5-7-9-11-13-15-17-23(25)21-19-27-20-22(21)24(26)18-16-14-12-10-8-6-4-2/h19-20H,3-18H2,1-2H3. The molecule has 154 valence electrons. The van der Waals surface area contributed by atoms with Crippen LogP contribution < -0.4 is 0 Å². The molecule has 1 rings (SSSR count). The molecule has 0 radical (unpaired) electrons. The summed E-state index contributed by atoms with van der Waals surface area (Å²) in [6, 6.07) is 0. The number of hydrogen-bond donors (Lipinski definition) is 0. The van der Waals surface area contributed by atoms with E-state index in [-0.39, 0.29) is 26.1 Å². The van der Waals surface area contributed by atoms with Gasteiger partial charge < -0.3 is 0 Å². The molecule has 1 aromatic heterocycles. The number of carbonyl (C=O) groups excluding carboxylic acids is 2. The molecule has 0 aliphatic heterocycles. The fourth-order valence-electron chi connectivity index (χ4n) is 3.48. The van der Waals surface area contributed by atoms with Crippen LogP contribution in [0.25, 0.3) is 0 Å². The number of carbonyl (C=O) groups is 2. The first-order valence-electron chi connectivity index (χ1n) is 11.3. The third kappa shape index (κ3) is 11.1. The summed E-state index contributed by atoms with van der Waals surface area (Å²) in [5.74, 6) is 0.393. The Bertz CT molecular complexity index is 474. The molecule has 0 saturated heterocycles. The molecular weight excluding hydrogens is 399 g/mol. The molecule has 2 nitrogen and oxygen atoms in total. The first kappa shape index (κ1) is 24.4. The van der Waals surface area contributed by atoms with Crippen LogP contribution in [0.5, 0.6) is 0 Å². The summed E-state index contributed by atoms with van der Waals surface area (Å²) in [5.41, 5.74) is 1.49. The van der Waals surface area contributed by atoms with E-state index in [0.29, 0.717) is 12.8 Å².